The van der Waals surface area contributed by atoms with E-state index in [2.05, 4.69) is 15.3 Å². The minimum atomic E-state index is -0.540. The summed E-state index contributed by atoms with van der Waals surface area (Å²) >= 11 is 0. The van der Waals surface area contributed by atoms with E-state index in [0.29, 0.717) is 5.69 Å². The lowest BCUT2D eigenvalue weighted by Crippen LogP contribution is -2.41. The molecule has 0 unspecified atom stereocenters. The summed E-state index contributed by atoms with van der Waals surface area (Å²) in [7, 11) is 0. The molecule has 0 radical (unpaired) electrons. The largest absolute Gasteiger partial charge is 0.744 e. The second-order valence-corrected chi connectivity index (χ2v) is 4.14. The quantitative estimate of drug-likeness (QED) is 0.389. The fourth-order valence-corrected chi connectivity index (χ4v) is 1.59. The van der Waals surface area contributed by atoms with Crippen LogP contribution < -0.4 is 16.5 Å². The Bertz CT molecular complexity index is 643. The molecule has 22 heavy (non-hydrogen) atoms. The SMILES string of the molecule is NC(=NC(=Nc1ccccc1)Nc1ccccc1)NN([O-])O. The van der Waals surface area contributed by atoms with Crippen molar-refractivity contribution < 1.29 is 5.21 Å². The number of rotatable bonds is 3. The highest BCUT2D eigenvalue weighted by Gasteiger charge is 2.01. The van der Waals surface area contributed by atoms with E-state index in [1.807, 2.05) is 54.0 Å². The van der Waals surface area contributed by atoms with Crippen LogP contribution in [-0.4, -0.2) is 22.5 Å². The number of nitrogens with zero attached hydrogens (tertiary/aromatic N) is 3. The molecule has 8 heteroatoms. The zero-order valence-electron chi connectivity index (χ0n) is 11.5. The van der Waals surface area contributed by atoms with Gasteiger partial charge >= 0.3 is 0 Å². The maximum absolute atomic E-state index is 10.5. The predicted molar refractivity (Wildman–Crippen MR) is 85.4 cm³/mol. The first-order valence-corrected chi connectivity index (χ1v) is 6.36. The predicted octanol–water partition coefficient (Wildman–Crippen LogP) is 1.79. The summed E-state index contributed by atoms with van der Waals surface area (Å²) in [4.78, 5) is 8.22. The molecule has 0 amide bonds. The summed E-state index contributed by atoms with van der Waals surface area (Å²) in [5.41, 5.74) is 8.78. The summed E-state index contributed by atoms with van der Waals surface area (Å²) < 4.78 is 0. The Kier molecular flexibility index (Phi) is 5.44. The van der Waals surface area contributed by atoms with Crippen molar-refractivity contribution in [3.8, 4) is 0 Å². The second kappa shape index (κ2) is 7.74. The van der Waals surface area contributed by atoms with Gasteiger partial charge in [-0.3, -0.25) is 5.43 Å². The van der Waals surface area contributed by atoms with Gasteiger partial charge in [0.25, 0.3) is 0 Å². The molecule has 0 atom stereocenters. The number of para-hydroxylation sites is 2. The van der Waals surface area contributed by atoms with E-state index in [-0.39, 0.29) is 11.9 Å². The molecule has 0 aliphatic carbocycles. The number of anilines is 1. The van der Waals surface area contributed by atoms with Crippen molar-refractivity contribution in [2.45, 2.75) is 0 Å². The van der Waals surface area contributed by atoms with Crippen LogP contribution in [0.5, 0.6) is 0 Å². The fraction of sp³-hybridized carbons (Fsp3) is 0. The highest BCUT2D eigenvalue weighted by Crippen LogP contribution is 2.12. The molecule has 0 heterocycles. The van der Waals surface area contributed by atoms with Gasteiger partial charge in [0.2, 0.25) is 11.9 Å². The van der Waals surface area contributed by atoms with Gasteiger partial charge in [-0.1, -0.05) is 36.4 Å². The number of nitrogens with two attached hydrogens (primary N) is 1. The molecular formula is C14H15N6O2-. The van der Waals surface area contributed by atoms with Crippen LogP contribution >= 0.6 is 0 Å². The van der Waals surface area contributed by atoms with E-state index in [4.69, 9.17) is 10.9 Å². The Morgan fingerprint density at radius 1 is 1.05 bits per heavy atom. The molecule has 0 aromatic heterocycles. The number of aliphatic imine (C=N–C) groups is 2. The Morgan fingerprint density at radius 3 is 2.23 bits per heavy atom. The summed E-state index contributed by atoms with van der Waals surface area (Å²) in [5, 5.41) is 21.5. The van der Waals surface area contributed by atoms with Gasteiger partial charge < -0.3 is 21.5 Å². The van der Waals surface area contributed by atoms with Gasteiger partial charge in [0.05, 0.1) is 5.69 Å². The van der Waals surface area contributed by atoms with E-state index < -0.39 is 5.34 Å². The first kappa shape index (κ1) is 15.4. The lowest BCUT2D eigenvalue weighted by molar-refractivity contribution is -0.0678. The van der Waals surface area contributed by atoms with Gasteiger partial charge in [-0.05, 0) is 24.3 Å². The first-order valence-electron chi connectivity index (χ1n) is 6.36. The van der Waals surface area contributed by atoms with Crippen LogP contribution in [0.1, 0.15) is 0 Å². The van der Waals surface area contributed by atoms with Crippen molar-refractivity contribution in [2.75, 3.05) is 5.32 Å². The van der Waals surface area contributed by atoms with E-state index in [1.54, 1.807) is 12.1 Å². The lowest BCUT2D eigenvalue weighted by Gasteiger charge is -2.20. The normalized spacial score (nSPS) is 12.3. The molecule has 0 fully saturated rings. The van der Waals surface area contributed by atoms with Crippen molar-refractivity contribution >= 4 is 23.3 Å². The van der Waals surface area contributed by atoms with Gasteiger partial charge in [0.15, 0.2) is 0 Å². The van der Waals surface area contributed by atoms with Gasteiger partial charge in [-0.15, -0.1) is 0 Å². The van der Waals surface area contributed by atoms with Crippen LogP contribution in [0.15, 0.2) is 70.6 Å². The summed E-state index contributed by atoms with van der Waals surface area (Å²) in [5.74, 6) is -0.153. The van der Waals surface area contributed by atoms with Crippen molar-refractivity contribution in [2.24, 2.45) is 15.7 Å². The third kappa shape index (κ3) is 5.21. The zero-order chi connectivity index (χ0) is 15.8. The monoisotopic (exact) mass is 299 g/mol. The molecule has 5 N–H and O–H groups in total. The number of hydrogen-bond donors (Lipinski definition) is 4. The number of benzene rings is 2. The van der Waals surface area contributed by atoms with E-state index >= 15 is 0 Å². The standard InChI is InChI=1S/C14H15N6O2/c15-13(19-20(21)22)18-14(16-11-7-3-1-4-8-11)17-12-9-5-2-6-10-12/h1-10,21H,(H4,15,16,17,18,19)/q-1. The average Bonchev–Trinajstić information content (AvgIpc) is 2.48. The molecule has 2 aromatic carbocycles. The Balaban J connectivity index is 2.26. The van der Waals surface area contributed by atoms with E-state index in [0.717, 1.165) is 5.69 Å². The Hall–Kier alpha value is -2.94. The minimum Gasteiger partial charge on any atom is -0.744 e. The number of hydrazine groups is 1. The third-order valence-electron chi connectivity index (χ3n) is 2.46. The van der Waals surface area contributed by atoms with Crippen molar-refractivity contribution in [3.63, 3.8) is 0 Å². The topological polar surface area (TPSA) is 121 Å². The van der Waals surface area contributed by atoms with Gasteiger partial charge in [0.1, 0.15) is 0 Å². The molecule has 0 aliphatic heterocycles. The molecule has 0 bridgehead atoms. The summed E-state index contributed by atoms with van der Waals surface area (Å²) in [6.45, 7) is 0. The van der Waals surface area contributed by atoms with Crippen molar-refractivity contribution in [3.05, 3.63) is 65.9 Å². The first-order chi connectivity index (χ1) is 10.6. The van der Waals surface area contributed by atoms with Crippen LogP contribution in [0.2, 0.25) is 0 Å². The summed E-state index contributed by atoms with van der Waals surface area (Å²) in [6.07, 6.45) is 0. The molecular weight excluding hydrogens is 284 g/mol. The van der Waals surface area contributed by atoms with Crippen LogP contribution in [-0.2, 0) is 0 Å². The highest BCUT2D eigenvalue weighted by molar-refractivity contribution is 6.02. The third-order valence-corrected chi connectivity index (χ3v) is 2.46. The Labute approximate surface area is 127 Å². The average molecular weight is 299 g/mol. The van der Waals surface area contributed by atoms with Crippen LogP contribution in [0.3, 0.4) is 0 Å². The van der Waals surface area contributed by atoms with Crippen LogP contribution in [0.25, 0.3) is 0 Å². The summed E-state index contributed by atoms with van der Waals surface area (Å²) in [6, 6.07) is 18.3. The molecule has 114 valence electrons. The van der Waals surface area contributed by atoms with Crippen molar-refractivity contribution in [1.29, 1.82) is 0 Å². The smallest absolute Gasteiger partial charge is 0.231 e. The second-order valence-electron chi connectivity index (χ2n) is 4.14. The minimum absolute atomic E-state index is 0.157. The van der Waals surface area contributed by atoms with E-state index in [9.17, 15) is 5.21 Å². The lowest BCUT2D eigenvalue weighted by atomic mass is 10.3. The molecule has 0 aliphatic rings. The molecule has 0 saturated carbocycles. The molecule has 2 rings (SSSR count). The number of guanidine groups is 2. The maximum atomic E-state index is 10.5. The number of nitrogens with one attached hydrogen (secondary N) is 2. The van der Waals surface area contributed by atoms with Gasteiger partial charge in [0, 0.05) is 5.69 Å². The zero-order valence-corrected chi connectivity index (χ0v) is 11.5. The molecule has 0 spiro atoms. The van der Waals surface area contributed by atoms with Gasteiger partial charge in [-0.25, -0.2) is 4.99 Å². The van der Waals surface area contributed by atoms with Crippen LogP contribution in [0.4, 0.5) is 11.4 Å². The molecule has 0 saturated heterocycles. The highest BCUT2D eigenvalue weighted by atomic mass is 16.8. The molecule has 2 aromatic rings. The Morgan fingerprint density at radius 2 is 1.64 bits per heavy atom. The van der Waals surface area contributed by atoms with E-state index in [1.165, 1.54) is 0 Å². The maximum Gasteiger partial charge on any atom is 0.231 e. The van der Waals surface area contributed by atoms with Gasteiger partial charge in [-0.2, -0.15) is 10.3 Å². The number of hydrogen-bond acceptors (Lipinski definition) is 4. The van der Waals surface area contributed by atoms with Crippen LogP contribution in [0, 0.1) is 5.21 Å². The fourth-order valence-electron chi connectivity index (χ4n) is 1.59. The molecule has 8 nitrogen and oxygen atoms in total. The van der Waals surface area contributed by atoms with Crippen molar-refractivity contribution in [1.82, 2.24) is 10.8 Å².